The first-order chi connectivity index (χ1) is 12.1. The molecule has 25 heavy (non-hydrogen) atoms. The van der Waals surface area contributed by atoms with E-state index in [0.717, 1.165) is 44.8 Å². The molecule has 0 unspecified atom stereocenters. The van der Waals surface area contributed by atoms with Gasteiger partial charge in [0.1, 0.15) is 5.82 Å². The fourth-order valence-corrected chi connectivity index (χ4v) is 4.15. The normalized spacial score (nSPS) is 32.0. The van der Waals surface area contributed by atoms with Crippen molar-refractivity contribution in [1.82, 2.24) is 15.3 Å². The molecule has 1 saturated carbocycles. The van der Waals surface area contributed by atoms with Gasteiger partial charge in [0, 0.05) is 38.7 Å². The van der Waals surface area contributed by atoms with Crippen molar-refractivity contribution in [1.29, 1.82) is 0 Å². The van der Waals surface area contributed by atoms with Crippen LogP contribution in [0.1, 0.15) is 26.2 Å². The summed E-state index contributed by atoms with van der Waals surface area (Å²) in [6, 6.07) is 1.95. The maximum atomic E-state index is 11.5. The highest BCUT2D eigenvalue weighted by atomic mass is 16.5. The third-order valence-electron chi connectivity index (χ3n) is 5.48. The smallest absolute Gasteiger partial charge is 0.224 e. The van der Waals surface area contributed by atoms with Crippen LogP contribution in [0.5, 0.6) is 0 Å². The number of rotatable bonds is 4. The fraction of sp³-hybridized carbons (Fsp3) is 0.706. The number of nitrogens with zero attached hydrogens (tertiary/aromatic N) is 3. The van der Waals surface area contributed by atoms with Gasteiger partial charge >= 0.3 is 0 Å². The Morgan fingerprint density at radius 1 is 1.32 bits per heavy atom. The molecule has 2 saturated heterocycles. The zero-order valence-corrected chi connectivity index (χ0v) is 14.4. The SMILES string of the molecule is CC(=O)N[C@@H]1[C@@H](Nc2nccc(N3CCC(O)CC3)n2)[C@H]2CCO[C@H]21. The number of amides is 1. The summed E-state index contributed by atoms with van der Waals surface area (Å²) in [5, 5.41) is 16.0. The van der Waals surface area contributed by atoms with Crippen molar-refractivity contribution in [2.45, 2.75) is 50.5 Å². The molecule has 4 rings (SSSR count). The van der Waals surface area contributed by atoms with Crippen LogP contribution in [0.3, 0.4) is 0 Å². The molecule has 0 spiro atoms. The first-order valence-corrected chi connectivity index (χ1v) is 9.03. The Balaban J connectivity index is 1.45. The number of aliphatic hydroxyl groups is 1. The molecule has 8 heteroatoms. The van der Waals surface area contributed by atoms with Crippen LogP contribution in [0, 0.1) is 5.92 Å². The summed E-state index contributed by atoms with van der Waals surface area (Å²) in [4.78, 5) is 22.6. The lowest BCUT2D eigenvalue weighted by Gasteiger charge is -2.47. The summed E-state index contributed by atoms with van der Waals surface area (Å²) in [6.45, 7) is 3.87. The van der Waals surface area contributed by atoms with E-state index in [2.05, 4.69) is 25.5 Å². The predicted molar refractivity (Wildman–Crippen MR) is 92.3 cm³/mol. The maximum Gasteiger partial charge on any atom is 0.224 e. The van der Waals surface area contributed by atoms with Crippen LogP contribution in [-0.4, -0.2) is 65.0 Å². The van der Waals surface area contributed by atoms with E-state index in [-0.39, 0.29) is 30.2 Å². The monoisotopic (exact) mass is 347 g/mol. The van der Waals surface area contributed by atoms with Gasteiger partial charge in [-0.15, -0.1) is 0 Å². The van der Waals surface area contributed by atoms with Gasteiger partial charge in [0.2, 0.25) is 11.9 Å². The van der Waals surface area contributed by atoms with Crippen LogP contribution >= 0.6 is 0 Å². The third-order valence-corrected chi connectivity index (χ3v) is 5.48. The Morgan fingerprint density at radius 2 is 2.12 bits per heavy atom. The van der Waals surface area contributed by atoms with Gasteiger partial charge in [0.05, 0.1) is 24.3 Å². The summed E-state index contributed by atoms with van der Waals surface area (Å²) in [5.74, 6) is 1.79. The van der Waals surface area contributed by atoms with E-state index in [1.165, 1.54) is 6.92 Å². The van der Waals surface area contributed by atoms with Crippen molar-refractivity contribution < 1.29 is 14.6 Å². The molecular weight excluding hydrogens is 322 g/mol. The van der Waals surface area contributed by atoms with Crippen molar-refractivity contribution in [3.8, 4) is 0 Å². The molecule has 3 aliphatic rings. The first kappa shape index (κ1) is 16.5. The fourth-order valence-electron chi connectivity index (χ4n) is 4.15. The molecule has 1 aromatic heterocycles. The molecule has 1 aromatic rings. The van der Waals surface area contributed by atoms with E-state index in [1.54, 1.807) is 6.20 Å². The van der Waals surface area contributed by atoms with E-state index in [0.29, 0.717) is 11.9 Å². The minimum Gasteiger partial charge on any atom is -0.393 e. The molecule has 0 radical (unpaired) electrons. The summed E-state index contributed by atoms with van der Waals surface area (Å²) >= 11 is 0. The number of anilines is 2. The lowest BCUT2D eigenvalue weighted by molar-refractivity contribution is -0.123. The van der Waals surface area contributed by atoms with E-state index >= 15 is 0 Å². The lowest BCUT2D eigenvalue weighted by Crippen LogP contribution is -2.68. The van der Waals surface area contributed by atoms with Crippen LogP contribution in [-0.2, 0) is 9.53 Å². The molecule has 136 valence electrons. The number of ether oxygens (including phenoxy) is 1. The van der Waals surface area contributed by atoms with E-state index < -0.39 is 0 Å². The van der Waals surface area contributed by atoms with Crippen molar-refractivity contribution in [3.63, 3.8) is 0 Å². The zero-order valence-electron chi connectivity index (χ0n) is 14.4. The van der Waals surface area contributed by atoms with Crippen molar-refractivity contribution in [2.75, 3.05) is 29.9 Å². The van der Waals surface area contributed by atoms with Crippen LogP contribution in [0.25, 0.3) is 0 Å². The van der Waals surface area contributed by atoms with Gasteiger partial charge in [-0.3, -0.25) is 4.79 Å². The Labute approximate surface area is 147 Å². The van der Waals surface area contributed by atoms with Gasteiger partial charge < -0.3 is 25.4 Å². The number of aliphatic hydroxyl groups excluding tert-OH is 1. The number of carbonyl (C=O) groups excluding carboxylic acids is 1. The highest BCUT2D eigenvalue weighted by molar-refractivity contribution is 5.73. The molecule has 8 nitrogen and oxygen atoms in total. The number of carbonyl (C=O) groups is 1. The number of hydrogen-bond donors (Lipinski definition) is 3. The zero-order chi connectivity index (χ0) is 17.4. The minimum atomic E-state index is -0.205. The number of fused-ring (bicyclic) bond motifs is 1. The average Bonchev–Trinajstić information content (AvgIpc) is 3.03. The number of aromatic nitrogens is 2. The lowest BCUT2D eigenvalue weighted by atomic mass is 9.71. The molecule has 1 aliphatic carbocycles. The predicted octanol–water partition coefficient (Wildman–Crippen LogP) is 0.142. The minimum absolute atomic E-state index is 0.0395. The van der Waals surface area contributed by atoms with E-state index in [4.69, 9.17) is 4.74 Å². The van der Waals surface area contributed by atoms with Crippen LogP contribution in [0.2, 0.25) is 0 Å². The van der Waals surface area contributed by atoms with Gasteiger partial charge in [0.25, 0.3) is 0 Å². The molecule has 0 bridgehead atoms. The number of nitrogens with one attached hydrogen (secondary N) is 2. The van der Waals surface area contributed by atoms with Gasteiger partial charge in [-0.2, -0.15) is 4.98 Å². The van der Waals surface area contributed by atoms with Gasteiger partial charge in [-0.05, 0) is 25.3 Å². The number of piperidine rings is 1. The Morgan fingerprint density at radius 3 is 2.88 bits per heavy atom. The van der Waals surface area contributed by atoms with Gasteiger partial charge in [0.15, 0.2) is 0 Å². The quantitative estimate of drug-likeness (QED) is 0.712. The standard InChI is InChI=1S/C17H25N5O3/c1-10(23)19-15-14(12-5-9-25-16(12)15)21-17-18-6-2-13(20-17)22-7-3-11(24)4-8-22/h2,6,11-12,14-16,24H,3-5,7-9H2,1H3,(H,19,23)(H,18,20,21)/t12-,14+,15-,16-/m1/s1. The number of hydrogen-bond acceptors (Lipinski definition) is 7. The highest BCUT2D eigenvalue weighted by Gasteiger charge is 2.54. The van der Waals surface area contributed by atoms with E-state index in [9.17, 15) is 9.90 Å². The second-order valence-corrected chi connectivity index (χ2v) is 7.14. The van der Waals surface area contributed by atoms with Crippen LogP contribution < -0.4 is 15.5 Å². The first-order valence-electron chi connectivity index (χ1n) is 9.03. The topological polar surface area (TPSA) is 99.6 Å². The van der Waals surface area contributed by atoms with Gasteiger partial charge in [-0.25, -0.2) is 4.98 Å². The maximum absolute atomic E-state index is 11.5. The molecule has 1 amide bonds. The molecule has 3 heterocycles. The molecule has 3 fully saturated rings. The summed E-state index contributed by atoms with van der Waals surface area (Å²) < 4.78 is 5.73. The largest absolute Gasteiger partial charge is 0.393 e. The Kier molecular flexibility index (Phi) is 4.47. The molecule has 2 aliphatic heterocycles. The Bertz CT molecular complexity index is 634. The highest BCUT2D eigenvalue weighted by Crippen LogP contribution is 2.40. The molecular formula is C17H25N5O3. The van der Waals surface area contributed by atoms with E-state index in [1.807, 2.05) is 6.07 Å². The molecule has 0 aromatic carbocycles. The summed E-state index contributed by atoms with van der Waals surface area (Å²) in [5.41, 5.74) is 0. The van der Waals surface area contributed by atoms with Crippen molar-refractivity contribution >= 4 is 17.7 Å². The third kappa shape index (κ3) is 3.28. The summed E-state index contributed by atoms with van der Waals surface area (Å²) in [7, 11) is 0. The van der Waals surface area contributed by atoms with Crippen LogP contribution in [0.15, 0.2) is 12.3 Å². The van der Waals surface area contributed by atoms with Crippen molar-refractivity contribution in [2.24, 2.45) is 5.92 Å². The van der Waals surface area contributed by atoms with Crippen LogP contribution in [0.4, 0.5) is 11.8 Å². The van der Waals surface area contributed by atoms with Gasteiger partial charge in [-0.1, -0.05) is 0 Å². The second kappa shape index (κ2) is 6.76. The molecule has 4 atom stereocenters. The average molecular weight is 347 g/mol. The summed E-state index contributed by atoms with van der Waals surface area (Å²) in [6.07, 6.45) is 4.16. The van der Waals surface area contributed by atoms with Crippen molar-refractivity contribution in [3.05, 3.63) is 12.3 Å². The Hall–Kier alpha value is -1.93. The second-order valence-electron chi connectivity index (χ2n) is 7.14. The molecule has 3 N–H and O–H groups in total.